The first-order chi connectivity index (χ1) is 8.06. The second kappa shape index (κ2) is 6.77. The van der Waals surface area contributed by atoms with Crippen LogP contribution in [0.5, 0.6) is 0 Å². The van der Waals surface area contributed by atoms with E-state index in [-0.39, 0.29) is 6.10 Å². The van der Waals surface area contributed by atoms with Crippen LogP contribution < -0.4 is 5.32 Å². The van der Waals surface area contributed by atoms with E-state index in [0.717, 1.165) is 38.2 Å². The number of aromatic nitrogens is 2. The van der Waals surface area contributed by atoms with E-state index in [4.69, 9.17) is 0 Å². The van der Waals surface area contributed by atoms with Gasteiger partial charge in [0.15, 0.2) is 0 Å². The lowest BCUT2D eigenvalue weighted by Crippen LogP contribution is -2.19. The average molecular weight is 239 g/mol. The Hall–Kier alpha value is -0.870. The molecule has 0 saturated carbocycles. The number of aryl methyl sites for hydroxylation is 2. The van der Waals surface area contributed by atoms with E-state index in [0.29, 0.717) is 0 Å². The molecule has 0 fully saturated rings. The average Bonchev–Trinajstić information content (AvgIpc) is 2.51. The van der Waals surface area contributed by atoms with E-state index in [1.165, 1.54) is 11.3 Å². The topological polar surface area (TPSA) is 50.1 Å². The minimum atomic E-state index is -0.229. The van der Waals surface area contributed by atoms with E-state index in [9.17, 15) is 5.11 Å². The Kier molecular flexibility index (Phi) is 5.65. The molecule has 0 spiro atoms. The molecule has 0 saturated heterocycles. The van der Waals surface area contributed by atoms with E-state index >= 15 is 0 Å². The van der Waals surface area contributed by atoms with Gasteiger partial charge in [0, 0.05) is 24.3 Å². The zero-order valence-electron chi connectivity index (χ0n) is 11.5. The Morgan fingerprint density at radius 1 is 1.41 bits per heavy atom. The van der Waals surface area contributed by atoms with Crippen LogP contribution in [-0.4, -0.2) is 27.5 Å². The first-order valence-electron chi connectivity index (χ1n) is 6.48. The van der Waals surface area contributed by atoms with Crippen LogP contribution in [0.4, 0.5) is 0 Å². The molecule has 98 valence electrons. The van der Waals surface area contributed by atoms with Crippen molar-refractivity contribution in [1.29, 1.82) is 0 Å². The molecule has 17 heavy (non-hydrogen) atoms. The van der Waals surface area contributed by atoms with E-state index < -0.39 is 0 Å². The lowest BCUT2D eigenvalue weighted by molar-refractivity contribution is 0.183. The van der Waals surface area contributed by atoms with Gasteiger partial charge in [0.2, 0.25) is 0 Å². The number of aliphatic hydroxyl groups excluding tert-OH is 1. The molecule has 0 aliphatic carbocycles. The van der Waals surface area contributed by atoms with Crippen molar-refractivity contribution in [3.8, 4) is 0 Å². The molecule has 0 bridgehead atoms. The molecule has 0 radical (unpaired) electrons. The molecule has 1 unspecified atom stereocenters. The largest absolute Gasteiger partial charge is 0.393 e. The normalized spacial score (nSPS) is 13.0. The van der Waals surface area contributed by atoms with Crippen LogP contribution in [-0.2, 0) is 13.1 Å². The van der Waals surface area contributed by atoms with Crippen molar-refractivity contribution in [3.63, 3.8) is 0 Å². The summed E-state index contributed by atoms with van der Waals surface area (Å²) in [4.78, 5) is 0. The molecule has 0 aliphatic rings. The molecule has 0 amide bonds. The van der Waals surface area contributed by atoms with Gasteiger partial charge >= 0.3 is 0 Å². The van der Waals surface area contributed by atoms with Crippen molar-refractivity contribution in [3.05, 3.63) is 17.0 Å². The Balaban J connectivity index is 2.52. The highest BCUT2D eigenvalue weighted by atomic mass is 16.3. The maximum Gasteiger partial charge on any atom is 0.0641 e. The van der Waals surface area contributed by atoms with E-state index in [1.807, 2.05) is 6.92 Å². The summed E-state index contributed by atoms with van der Waals surface area (Å²) >= 11 is 0. The minimum absolute atomic E-state index is 0.229. The van der Waals surface area contributed by atoms with Crippen molar-refractivity contribution in [2.45, 2.75) is 59.7 Å². The number of nitrogens with zero attached hydrogens (tertiary/aromatic N) is 2. The van der Waals surface area contributed by atoms with Gasteiger partial charge in [-0.2, -0.15) is 5.10 Å². The van der Waals surface area contributed by atoms with Gasteiger partial charge in [-0.05, 0) is 40.2 Å². The van der Waals surface area contributed by atoms with Crippen LogP contribution in [0, 0.1) is 13.8 Å². The van der Waals surface area contributed by atoms with Crippen molar-refractivity contribution >= 4 is 0 Å². The minimum Gasteiger partial charge on any atom is -0.393 e. The molecule has 4 nitrogen and oxygen atoms in total. The molecule has 1 heterocycles. The number of nitrogens with one attached hydrogen (secondary N) is 1. The summed E-state index contributed by atoms with van der Waals surface area (Å²) in [5.74, 6) is 0. The monoisotopic (exact) mass is 239 g/mol. The zero-order valence-corrected chi connectivity index (χ0v) is 11.5. The van der Waals surface area contributed by atoms with Crippen LogP contribution in [0.1, 0.15) is 43.6 Å². The molecule has 0 aromatic carbocycles. The summed E-state index contributed by atoms with van der Waals surface area (Å²) in [5.41, 5.74) is 3.67. The summed E-state index contributed by atoms with van der Waals surface area (Å²) in [6.07, 6.45) is 1.67. The van der Waals surface area contributed by atoms with Gasteiger partial charge in [-0.3, -0.25) is 4.68 Å². The molecule has 1 rings (SSSR count). The fourth-order valence-corrected chi connectivity index (χ4v) is 1.94. The summed E-state index contributed by atoms with van der Waals surface area (Å²) in [6.45, 7) is 10.8. The lowest BCUT2D eigenvalue weighted by atomic mass is 10.2. The zero-order chi connectivity index (χ0) is 12.8. The Morgan fingerprint density at radius 3 is 2.71 bits per heavy atom. The fraction of sp³-hybridized carbons (Fsp3) is 0.769. The van der Waals surface area contributed by atoms with E-state index in [1.54, 1.807) is 0 Å². The van der Waals surface area contributed by atoms with Crippen molar-refractivity contribution < 1.29 is 5.11 Å². The second-order valence-electron chi connectivity index (χ2n) is 4.69. The predicted molar refractivity (Wildman–Crippen MR) is 70.0 cm³/mol. The van der Waals surface area contributed by atoms with Gasteiger partial charge in [0.25, 0.3) is 0 Å². The number of hydrogen-bond donors (Lipinski definition) is 2. The Labute approximate surface area is 104 Å². The van der Waals surface area contributed by atoms with Gasteiger partial charge in [-0.15, -0.1) is 0 Å². The fourth-order valence-electron chi connectivity index (χ4n) is 1.94. The smallest absolute Gasteiger partial charge is 0.0641 e. The molecule has 2 N–H and O–H groups in total. The van der Waals surface area contributed by atoms with Crippen LogP contribution >= 0.6 is 0 Å². The summed E-state index contributed by atoms with van der Waals surface area (Å²) in [7, 11) is 0. The highest BCUT2D eigenvalue weighted by molar-refractivity contribution is 5.24. The van der Waals surface area contributed by atoms with Crippen LogP contribution in [0.15, 0.2) is 0 Å². The van der Waals surface area contributed by atoms with Gasteiger partial charge in [-0.1, -0.05) is 6.92 Å². The highest BCUT2D eigenvalue weighted by Crippen LogP contribution is 2.13. The Morgan fingerprint density at radius 2 is 2.12 bits per heavy atom. The van der Waals surface area contributed by atoms with Crippen LogP contribution in [0.25, 0.3) is 0 Å². The van der Waals surface area contributed by atoms with Gasteiger partial charge in [0.1, 0.15) is 0 Å². The van der Waals surface area contributed by atoms with Crippen LogP contribution in [0.3, 0.4) is 0 Å². The van der Waals surface area contributed by atoms with Crippen molar-refractivity contribution in [2.75, 3.05) is 6.54 Å². The summed E-state index contributed by atoms with van der Waals surface area (Å²) in [5, 5.41) is 17.1. The molecular weight excluding hydrogens is 214 g/mol. The molecule has 1 atom stereocenters. The van der Waals surface area contributed by atoms with Crippen LogP contribution in [0.2, 0.25) is 0 Å². The first-order valence-corrected chi connectivity index (χ1v) is 6.48. The molecule has 0 aliphatic heterocycles. The quantitative estimate of drug-likeness (QED) is 0.713. The van der Waals surface area contributed by atoms with E-state index in [2.05, 4.69) is 35.9 Å². The number of aliphatic hydroxyl groups is 1. The third kappa shape index (κ3) is 4.13. The van der Waals surface area contributed by atoms with Crippen molar-refractivity contribution in [2.24, 2.45) is 0 Å². The second-order valence-corrected chi connectivity index (χ2v) is 4.69. The maximum atomic E-state index is 9.18. The first kappa shape index (κ1) is 14.2. The molecular formula is C13H25N3O. The third-order valence-electron chi connectivity index (χ3n) is 3.01. The third-order valence-corrected chi connectivity index (χ3v) is 3.01. The summed E-state index contributed by atoms with van der Waals surface area (Å²) < 4.78 is 2.08. The highest BCUT2D eigenvalue weighted by Gasteiger charge is 2.10. The molecule has 1 aromatic heterocycles. The molecule has 4 heteroatoms. The standard InChI is InChI=1S/C13H25N3O/c1-5-8-16-12(4)13(11(3)15-16)9-14-7-6-10(2)17/h10,14,17H,5-9H2,1-4H3. The number of rotatable bonds is 7. The molecule has 1 aromatic rings. The SMILES string of the molecule is CCCn1nc(C)c(CNCCC(C)O)c1C. The van der Waals surface area contributed by atoms with Crippen molar-refractivity contribution in [1.82, 2.24) is 15.1 Å². The Bertz CT molecular complexity index is 345. The predicted octanol–water partition coefficient (Wildman–Crippen LogP) is 1.77. The van der Waals surface area contributed by atoms with Gasteiger partial charge in [-0.25, -0.2) is 0 Å². The lowest BCUT2D eigenvalue weighted by Gasteiger charge is -2.07. The maximum absolute atomic E-state index is 9.18. The summed E-state index contributed by atoms with van der Waals surface area (Å²) in [6, 6.07) is 0. The number of hydrogen-bond acceptors (Lipinski definition) is 3. The van der Waals surface area contributed by atoms with Gasteiger partial charge < -0.3 is 10.4 Å². The van der Waals surface area contributed by atoms with Gasteiger partial charge in [0.05, 0.1) is 11.8 Å².